The van der Waals surface area contributed by atoms with E-state index >= 15 is 0 Å². The molecule has 1 aromatic rings. The Kier molecular flexibility index (Phi) is 7.09. The molecule has 0 aromatic heterocycles. The van der Waals surface area contributed by atoms with Crippen LogP contribution in [0.4, 0.5) is 5.69 Å². The molecule has 31 heavy (non-hydrogen) atoms. The zero-order valence-electron chi connectivity index (χ0n) is 18.7. The number of ether oxygens (including phenoxy) is 1. The summed E-state index contributed by atoms with van der Waals surface area (Å²) in [7, 11) is 4.26. The Balaban J connectivity index is 1.40. The third-order valence-electron chi connectivity index (χ3n) is 6.77. The number of carbonyl (C=O) groups is 2. The van der Waals surface area contributed by atoms with Gasteiger partial charge in [-0.2, -0.15) is 0 Å². The van der Waals surface area contributed by atoms with Gasteiger partial charge in [-0.05, 0) is 43.5 Å². The minimum absolute atomic E-state index is 0.0272. The standard InChI is InChI=1S/C23H35N5O3/c1-26-9-11-28(12-10-26)21(17-5-6-20-18(14-17)7-8-27(20)2)16-25-23(30)22(29)24-15-19-4-3-13-31-19/h5-6,14,19,21H,3-4,7-13,15-16H2,1-2H3,(H,24,29)(H,25,30)/t19-,21+/m1/s1. The molecule has 3 aliphatic rings. The van der Waals surface area contributed by atoms with Crippen LogP contribution in [-0.2, 0) is 20.7 Å². The summed E-state index contributed by atoms with van der Waals surface area (Å²) in [5.74, 6) is -1.15. The summed E-state index contributed by atoms with van der Waals surface area (Å²) in [6, 6.07) is 6.70. The molecule has 2 atom stereocenters. The van der Waals surface area contributed by atoms with Gasteiger partial charge >= 0.3 is 11.8 Å². The second-order valence-corrected chi connectivity index (χ2v) is 8.97. The quantitative estimate of drug-likeness (QED) is 0.637. The summed E-state index contributed by atoms with van der Waals surface area (Å²) in [5.41, 5.74) is 3.86. The van der Waals surface area contributed by atoms with Gasteiger partial charge in [-0.15, -0.1) is 0 Å². The number of nitrogens with one attached hydrogen (secondary N) is 2. The molecule has 0 aliphatic carbocycles. The molecule has 170 valence electrons. The molecule has 0 radical (unpaired) electrons. The van der Waals surface area contributed by atoms with E-state index in [2.05, 4.69) is 57.6 Å². The maximum atomic E-state index is 12.5. The van der Waals surface area contributed by atoms with Crippen molar-refractivity contribution in [3.63, 3.8) is 0 Å². The molecule has 0 unspecified atom stereocenters. The van der Waals surface area contributed by atoms with Crippen molar-refractivity contribution in [1.29, 1.82) is 0 Å². The van der Waals surface area contributed by atoms with Crippen LogP contribution >= 0.6 is 0 Å². The Morgan fingerprint density at radius 3 is 2.61 bits per heavy atom. The SMILES string of the molecule is CN1CCN([C@@H](CNC(=O)C(=O)NC[C@H]2CCCO2)c2ccc3c(c2)CCN3C)CC1. The molecular weight excluding hydrogens is 394 g/mol. The van der Waals surface area contributed by atoms with Crippen LogP contribution in [0, 0.1) is 0 Å². The van der Waals surface area contributed by atoms with Gasteiger partial charge in [-0.3, -0.25) is 14.5 Å². The first kappa shape index (κ1) is 22.0. The molecule has 3 aliphatic heterocycles. The maximum absolute atomic E-state index is 12.5. The molecule has 2 saturated heterocycles. The summed E-state index contributed by atoms with van der Waals surface area (Å²) in [6.45, 7) is 6.48. The fourth-order valence-corrected chi connectivity index (χ4v) is 4.75. The minimum Gasteiger partial charge on any atom is -0.376 e. The first-order valence-electron chi connectivity index (χ1n) is 11.5. The second kappa shape index (κ2) is 9.97. The number of carbonyl (C=O) groups excluding carboxylic acids is 2. The highest BCUT2D eigenvalue weighted by molar-refractivity contribution is 6.35. The van der Waals surface area contributed by atoms with Crippen molar-refractivity contribution in [3.05, 3.63) is 29.3 Å². The third-order valence-corrected chi connectivity index (χ3v) is 6.77. The molecule has 4 rings (SSSR count). The van der Waals surface area contributed by atoms with Gasteiger partial charge in [-0.25, -0.2) is 0 Å². The number of benzene rings is 1. The van der Waals surface area contributed by atoms with Gasteiger partial charge in [0, 0.05) is 65.2 Å². The van der Waals surface area contributed by atoms with E-state index in [0.29, 0.717) is 13.1 Å². The van der Waals surface area contributed by atoms with Crippen LogP contribution in [0.2, 0.25) is 0 Å². The van der Waals surface area contributed by atoms with Gasteiger partial charge in [0.15, 0.2) is 0 Å². The largest absolute Gasteiger partial charge is 0.376 e. The van der Waals surface area contributed by atoms with Gasteiger partial charge in [0.2, 0.25) is 0 Å². The number of hydrogen-bond donors (Lipinski definition) is 2. The van der Waals surface area contributed by atoms with E-state index in [1.807, 2.05) is 0 Å². The number of likely N-dealkylation sites (N-methyl/N-ethyl adjacent to an activating group) is 2. The lowest BCUT2D eigenvalue weighted by Crippen LogP contribution is -2.50. The number of nitrogens with zero attached hydrogens (tertiary/aromatic N) is 3. The maximum Gasteiger partial charge on any atom is 0.309 e. The van der Waals surface area contributed by atoms with Crippen molar-refractivity contribution < 1.29 is 14.3 Å². The van der Waals surface area contributed by atoms with E-state index in [1.165, 1.54) is 16.8 Å². The number of piperazine rings is 1. The average Bonchev–Trinajstić information content (AvgIpc) is 3.43. The second-order valence-electron chi connectivity index (χ2n) is 8.97. The van der Waals surface area contributed by atoms with Crippen molar-refractivity contribution in [2.75, 3.05) is 71.4 Å². The summed E-state index contributed by atoms with van der Waals surface area (Å²) in [5, 5.41) is 5.59. The van der Waals surface area contributed by atoms with E-state index in [4.69, 9.17) is 4.74 Å². The summed E-state index contributed by atoms with van der Waals surface area (Å²) in [6.07, 6.45) is 3.02. The van der Waals surface area contributed by atoms with Crippen molar-refractivity contribution in [3.8, 4) is 0 Å². The number of rotatable bonds is 6. The normalized spacial score (nSPS) is 22.9. The van der Waals surface area contributed by atoms with Crippen molar-refractivity contribution in [2.24, 2.45) is 0 Å². The van der Waals surface area contributed by atoms with E-state index in [-0.39, 0.29) is 12.1 Å². The smallest absolute Gasteiger partial charge is 0.309 e. The fraction of sp³-hybridized carbons (Fsp3) is 0.652. The lowest BCUT2D eigenvalue weighted by atomic mass is 10.00. The molecule has 8 nitrogen and oxygen atoms in total. The van der Waals surface area contributed by atoms with Gasteiger partial charge in [0.25, 0.3) is 0 Å². The third kappa shape index (κ3) is 5.37. The Labute approximate surface area is 184 Å². The van der Waals surface area contributed by atoms with E-state index in [1.54, 1.807) is 0 Å². The Hall–Kier alpha value is -2.16. The predicted molar refractivity (Wildman–Crippen MR) is 120 cm³/mol. The monoisotopic (exact) mass is 429 g/mol. The van der Waals surface area contributed by atoms with E-state index in [9.17, 15) is 9.59 Å². The Morgan fingerprint density at radius 2 is 1.87 bits per heavy atom. The average molecular weight is 430 g/mol. The van der Waals surface area contributed by atoms with E-state index in [0.717, 1.165) is 58.6 Å². The van der Waals surface area contributed by atoms with Crippen LogP contribution in [0.5, 0.6) is 0 Å². The number of fused-ring (bicyclic) bond motifs is 1. The van der Waals surface area contributed by atoms with Crippen LogP contribution in [-0.4, -0.2) is 94.2 Å². The number of anilines is 1. The predicted octanol–water partition coefficient (Wildman–Crippen LogP) is 0.379. The molecule has 0 spiro atoms. The van der Waals surface area contributed by atoms with Gasteiger partial charge < -0.3 is 25.2 Å². The van der Waals surface area contributed by atoms with Crippen LogP contribution in [0.1, 0.15) is 30.0 Å². The van der Waals surface area contributed by atoms with Gasteiger partial charge in [0.1, 0.15) is 0 Å². The molecule has 0 bridgehead atoms. The number of amides is 2. The molecular formula is C23H35N5O3. The van der Waals surface area contributed by atoms with Gasteiger partial charge in [0.05, 0.1) is 12.1 Å². The Morgan fingerprint density at radius 1 is 1.10 bits per heavy atom. The summed E-state index contributed by atoms with van der Waals surface area (Å²) in [4.78, 5) is 31.7. The minimum atomic E-state index is -0.580. The summed E-state index contributed by atoms with van der Waals surface area (Å²) >= 11 is 0. The molecule has 2 amide bonds. The van der Waals surface area contributed by atoms with Crippen LogP contribution in [0.15, 0.2) is 18.2 Å². The highest BCUT2D eigenvalue weighted by Crippen LogP contribution is 2.31. The molecule has 1 aromatic carbocycles. The van der Waals surface area contributed by atoms with Crippen LogP contribution in [0.3, 0.4) is 0 Å². The van der Waals surface area contributed by atoms with Crippen molar-refractivity contribution in [1.82, 2.24) is 20.4 Å². The lowest BCUT2D eigenvalue weighted by molar-refractivity contribution is -0.139. The molecule has 0 saturated carbocycles. The van der Waals surface area contributed by atoms with Crippen LogP contribution < -0.4 is 15.5 Å². The fourth-order valence-electron chi connectivity index (χ4n) is 4.75. The molecule has 2 fully saturated rings. The van der Waals surface area contributed by atoms with Crippen LogP contribution in [0.25, 0.3) is 0 Å². The lowest BCUT2D eigenvalue weighted by Gasteiger charge is -2.38. The zero-order chi connectivity index (χ0) is 21.8. The number of hydrogen-bond acceptors (Lipinski definition) is 6. The first-order valence-corrected chi connectivity index (χ1v) is 11.5. The van der Waals surface area contributed by atoms with Gasteiger partial charge in [-0.1, -0.05) is 12.1 Å². The first-order chi connectivity index (χ1) is 15.0. The van der Waals surface area contributed by atoms with Crippen molar-refractivity contribution in [2.45, 2.75) is 31.4 Å². The summed E-state index contributed by atoms with van der Waals surface area (Å²) < 4.78 is 5.51. The molecule has 2 N–H and O–H groups in total. The highest BCUT2D eigenvalue weighted by atomic mass is 16.5. The van der Waals surface area contributed by atoms with E-state index < -0.39 is 11.8 Å². The van der Waals surface area contributed by atoms with Crippen molar-refractivity contribution >= 4 is 17.5 Å². The molecule has 3 heterocycles. The topological polar surface area (TPSA) is 77.1 Å². The zero-order valence-corrected chi connectivity index (χ0v) is 18.7. The highest BCUT2D eigenvalue weighted by Gasteiger charge is 2.27. The Bertz CT molecular complexity index is 787. The molecule has 8 heteroatoms.